The molecule has 1 aliphatic rings. The van der Waals surface area contributed by atoms with Gasteiger partial charge in [-0.3, -0.25) is 4.79 Å². The molecule has 1 atom stereocenters. The minimum absolute atomic E-state index is 0.0214. The zero-order valence-electron chi connectivity index (χ0n) is 11.4. The number of halogens is 1. The van der Waals surface area contributed by atoms with Gasteiger partial charge in [-0.2, -0.15) is 4.68 Å². The van der Waals surface area contributed by atoms with Crippen LogP contribution in [0.1, 0.15) is 19.8 Å². The molecule has 1 heterocycles. The molecule has 1 aromatic heterocycles. The quantitative estimate of drug-likeness (QED) is 0.853. The lowest BCUT2D eigenvalue weighted by atomic mass is 10.3. The summed E-state index contributed by atoms with van der Waals surface area (Å²) in [4.78, 5) is 12.0. The van der Waals surface area contributed by atoms with Gasteiger partial charge in [0, 0.05) is 11.1 Å². The first-order valence-corrected chi connectivity index (χ1v) is 7.90. The fraction of sp³-hybridized carbons (Fsp3) is 0.385. The summed E-state index contributed by atoms with van der Waals surface area (Å²) < 4.78 is 1.60. The van der Waals surface area contributed by atoms with Crippen LogP contribution in [-0.2, 0) is 4.79 Å². The third-order valence-electron chi connectivity index (χ3n) is 3.09. The molecule has 0 radical (unpaired) electrons. The van der Waals surface area contributed by atoms with Gasteiger partial charge < -0.3 is 5.32 Å². The summed E-state index contributed by atoms with van der Waals surface area (Å²) in [6, 6.07) is 7.56. The average Bonchev–Trinajstić information content (AvgIpc) is 3.16. The molecule has 0 spiro atoms. The Hall–Kier alpha value is -1.60. The van der Waals surface area contributed by atoms with Crippen LogP contribution < -0.4 is 5.32 Å². The normalized spacial score (nSPS) is 15.7. The third kappa shape index (κ3) is 3.54. The van der Waals surface area contributed by atoms with Gasteiger partial charge in [-0.1, -0.05) is 23.4 Å². The minimum atomic E-state index is -0.248. The van der Waals surface area contributed by atoms with Crippen LogP contribution in [0.2, 0.25) is 5.02 Å². The molecule has 6 nitrogen and oxygen atoms in total. The molecular weight excluding hydrogens is 310 g/mol. The number of nitrogens with one attached hydrogen (secondary N) is 1. The fourth-order valence-corrected chi connectivity index (χ4v) is 2.70. The molecule has 1 aromatic carbocycles. The fourth-order valence-electron chi connectivity index (χ4n) is 1.75. The predicted molar refractivity (Wildman–Crippen MR) is 80.6 cm³/mol. The molecule has 0 bridgehead atoms. The molecule has 0 saturated heterocycles. The Morgan fingerprint density at radius 3 is 2.81 bits per heavy atom. The highest BCUT2D eigenvalue weighted by atomic mass is 35.5. The van der Waals surface area contributed by atoms with Crippen LogP contribution in [0.4, 0.5) is 0 Å². The number of thioether (sulfide) groups is 1. The van der Waals surface area contributed by atoms with Crippen LogP contribution in [-0.4, -0.2) is 37.4 Å². The lowest BCUT2D eigenvalue weighted by Gasteiger charge is -2.11. The van der Waals surface area contributed by atoms with Gasteiger partial charge in [-0.25, -0.2) is 0 Å². The average molecular weight is 324 g/mol. The van der Waals surface area contributed by atoms with Gasteiger partial charge in [0.2, 0.25) is 11.1 Å². The highest BCUT2D eigenvalue weighted by Crippen LogP contribution is 2.25. The number of carbonyl (C=O) groups is 1. The number of hydrogen-bond acceptors (Lipinski definition) is 5. The van der Waals surface area contributed by atoms with Crippen molar-refractivity contribution in [1.29, 1.82) is 0 Å². The van der Waals surface area contributed by atoms with Crippen molar-refractivity contribution in [2.24, 2.45) is 0 Å². The highest BCUT2D eigenvalue weighted by Gasteiger charge is 2.27. The molecule has 1 fully saturated rings. The summed E-state index contributed by atoms with van der Waals surface area (Å²) in [5.41, 5.74) is 0.807. The number of rotatable bonds is 5. The van der Waals surface area contributed by atoms with Crippen LogP contribution in [0.3, 0.4) is 0 Å². The largest absolute Gasteiger partial charge is 0.352 e. The maximum atomic E-state index is 12.0. The molecule has 1 N–H and O–H groups in total. The number of carbonyl (C=O) groups excluding carboxylic acids is 1. The van der Waals surface area contributed by atoms with Crippen molar-refractivity contribution in [2.75, 3.05) is 0 Å². The monoisotopic (exact) mass is 323 g/mol. The molecule has 1 saturated carbocycles. The van der Waals surface area contributed by atoms with Gasteiger partial charge in [0.15, 0.2) is 0 Å². The van der Waals surface area contributed by atoms with Gasteiger partial charge in [0.25, 0.3) is 0 Å². The van der Waals surface area contributed by atoms with E-state index in [4.69, 9.17) is 11.6 Å². The van der Waals surface area contributed by atoms with Crippen molar-refractivity contribution >= 4 is 29.3 Å². The number of amides is 1. The summed E-state index contributed by atoms with van der Waals surface area (Å²) >= 11 is 7.21. The second kappa shape index (κ2) is 6.03. The van der Waals surface area contributed by atoms with Crippen LogP contribution in [0, 0.1) is 0 Å². The Bertz CT molecular complexity index is 640. The first kappa shape index (κ1) is 14.3. The summed E-state index contributed by atoms with van der Waals surface area (Å²) in [7, 11) is 0. The summed E-state index contributed by atoms with van der Waals surface area (Å²) in [5, 5.41) is 15.6. The second-order valence-electron chi connectivity index (χ2n) is 4.89. The zero-order chi connectivity index (χ0) is 14.8. The second-order valence-corrected chi connectivity index (χ2v) is 6.64. The van der Waals surface area contributed by atoms with Gasteiger partial charge in [-0.05, 0) is 54.5 Å². The van der Waals surface area contributed by atoms with Gasteiger partial charge in [0.05, 0.1) is 10.9 Å². The van der Waals surface area contributed by atoms with E-state index in [1.165, 1.54) is 11.8 Å². The molecule has 1 aliphatic carbocycles. The lowest BCUT2D eigenvalue weighted by molar-refractivity contribution is -0.120. The van der Waals surface area contributed by atoms with Crippen molar-refractivity contribution in [3.05, 3.63) is 29.3 Å². The molecule has 2 aromatic rings. The molecule has 110 valence electrons. The van der Waals surface area contributed by atoms with Crippen LogP contribution in [0.15, 0.2) is 29.4 Å². The smallest absolute Gasteiger partial charge is 0.233 e. The Labute approximate surface area is 131 Å². The van der Waals surface area contributed by atoms with E-state index in [1.807, 2.05) is 19.1 Å². The van der Waals surface area contributed by atoms with Crippen molar-refractivity contribution in [1.82, 2.24) is 25.5 Å². The van der Waals surface area contributed by atoms with E-state index in [0.29, 0.717) is 16.2 Å². The Morgan fingerprint density at radius 1 is 1.43 bits per heavy atom. The van der Waals surface area contributed by atoms with E-state index in [-0.39, 0.29) is 11.2 Å². The number of nitrogens with zero attached hydrogens (tertiary/aromatic N) is 4. The molecule has 21 heavy (non-hydrogen) atoms. The molecule has 0 aliphatic heterocycles. The Kier molecular flexibility index (Phi) is 4.12. The topological polar surface area (TPSA) is 72.7 Å². The van der Waals surface area contributed by atoms with E-state index < -0.39 is 0 Å². The van der Waals surface area contributed by atoms with E-state index >= 15 is 0 Å². The molecule has 0 unspecified atom stereocenters. The summed E-state index contributed by atoms with van der Waals surface area (Å²) in [6.45, 7) is 1.85. The molecule has 1 amide bonds. The van der Waals surface area contributed by atoms with Crippen LogP contribution >= 0.6 is 23.4 Å². The molecule has 8 heteroatoms. The van der Waals surface area contributed by atoms with E-state index in [2.05, 4.69) is 20.8 Å². The van der Waals surface area contributed by atoms with Crippen molar-refractivity contribution in [3.8, 4) is 5.69 Å². The SMILES string of the molecule is C[C@H](Sc1nnnn1-c1ccc(Cl)cc1)C(=O)NC1CC1. The van der Waals surface area contributed by atoms with Crippen molar-refractivity contribution in [2.45, 2.75) is 36.2 Å². The molecule has 3 rings (SSSR count). The number of aromatic nitrogens is 4. The molecular formula is C13H14ClN5OS. The predicted octanol–water partition coefficient (Wildman–Crippen LogP) is 2.07. The van der Waals surface area contributed by atoms with Gasteiger partial charge >= 0.3 is 0 Å². The van der Waals surface area contributed by atoms with Crippen molar-refractivity contribution < 1.29 is 4.79 Å². The standard InChI is InChI=1S/C13H14ClN5OS/c1-8(12(20)15-10-4-5-10)21-13-16-17-18-19(13)11-6-2-9(14)3-7-11/h2-3,6-8,10H,4-5H2,1H3,(H,15,20)/t8-/m0/s1. The summed E-state index contributed by atoms with van der Waals surface area (Å²) in [6.07, 6.45) is 2.15. The van der Waals surface area contributed by atoms with Crippen molar-refractivity contribution in [3.63, 3.8) is 0 Å². The third-order valence-corrected chi connectivity index (χ3v) is 4.37. The lowest BCUT2D eigenvalue weighted by Crippen LogP contribution is -2.32. The minimum Gasteiger partial charge on any atom is -0.352 e. The Morgan fingerprint density at radius 2 is 2.14 bits per heavy atom. The van der Waals surface area contributed by atoms with Crippen LogP contribution in [0.5, 0.6) is 0 Å². The maximum Gasteiger partial charge on any atom is 0.233 e. The van der Waals surface area contributed by atoms with E-state index in [1.54, 1.807) is 16.8 Å². The number of hydrogen-bond donors (Lipinski definition) is 1. The van der Waals surface area contributed by atoms with E-state index in [9.17, 15) is 4.79 Å². The first-order valence-electron chi connectivity index (χ1n) is 6.65. The number of benzene rings is 1. The maximum absolute atomic E-state index is 12.0. The van der Waals surface area contributed by atoms with E-state index in [0.717, 1.165) is 18.5 Å². The number of tetrazole rings is 1. The zero-order valence-corrected chi connectivity index (χ0v) is 12.9. The van der Waals surface area contributed by atoms with Gasteiger partial charge in [-0.15, -0.1) is 5.10 Å². The first-order chi connectivity index (χ1) is 10.1. The highest BCUT2D eigenvalue weighted by molar-refractivity contribution is 8.00. The Balaban J connectivity index is 1.72. The van der Waals surface area contributed by atoms with Gasteiger partial charge in [0.1, 0.15) is 0 Å². The van der Waals surface area contributed by atoms with Crippen LogP contribution in [0.25, 0.3) is 5.69 Å². The summed E-state index contributed by atoms with van der Waals surface area (Å²) in [5.74, 6) is 0.0214.